The maximum absolute atomic E-state index is 13.2. The van der Waals surface area contributed by atoms with Crippen molar-refractivity contribution in [3.63, 3.8) is 0 Å². The molecule has 0 bridgehead atoms. The van der Waals surface area contributed by atoms with Crippen molar-refractivity contribution in [2.24, 2.45) is 5.92 Å². The van der Waals surface area contributed by atoms with E-state index in [9.17, 15) is 9.90 Å². The van der Waals surface area contributed by atoms with Crippen LogP contribution >= 0.6 is 0 Å². The molecule has 1 aromatic carbocycles. The predicted octanol–water partition coefficient (Wildman–Crippen LogP) is 3.11. The van der Waals surface area contributed by atoms with Gasteiger partial charge in [0.05, 0.1) is 0 Å². The molecule has 2 heterocycles. The van der Waals surface area contributed by atoms with Crippen molar-refractivity contribution in [3.8, 4) is 5.75 Å². The van der Waals surface area contributed by atoms with Crippen LogP contribution in [-0.2, 0) is 17.6 Å². The van der Waals surface area contributed by atoms with Gasteiger partial charge in [0.2, 0.25) is 0 Å². The zero-order valence-electron chi connectivity index (χ0n) is 12.6. The molecule has 22 heavy (non-hydrogen) atoms. The lowest BCUT2D eigenvalue weighted by molar-refractivity contribution is -0.131. The fourth-order valence-corrected chi connectivity index (χ4v) is 4.00. The molecule has 2 aliphatic heterocycles. The van der Waals surface area contributed by atoms with Crippen LogP contribution in [0.4, 0.5) is 0 Å². The molecule has 0 radical (unpaired) electrons. The standard InChI is InChI=1S/C19H19NO2/c1-13-8-9-15-6-2-3-10-20(15)19(18(13)22)11-14-5-4-7-17(21)16(14)12-19/h2-7,9-10,13,21H,8,11-12H2,1H3. The number of hydrogen-bond acceptors (Lipinski definition) is 3. The number of aromatic hydroxyl groups is 1. The summed E-state index contributed by atoms with van der Waals surface area (Å²) < 4.78 is 0. The van der Waals surface area contributed by atoms with Gasteiger partial charge in [-0.05, 0) is 35.8 Å². The van der Waals surface area contributed by atoms with Crippen molar-refractivity contribution in [2.75, 3.05) is 0 Å². The number of benzene rings is 1. The molecular formula is C19H19NO2. The minimum Gasteiger partial charge on any atom is -0.508 e. The molecule has 1 aliphatic carbocycles. The molecule has 1 aromatic rings. The highest BCUT2D eigenvalue weighted by molar-refractivity contribution is 5.93. The van der Waals surface area contributed by atoms with Crippen molar-refractivity contribution in [3.05, 3.63) is 65.5 Å². The molecule has 1 N–H and O–H groups in total. The van der Waals surface area contributed by atoms with Crippen molar-refractivity contribution in [1.82, 2.24) is 4.90 Å². The Bertz CT molecular complexity index is 744. The summed E-state index contributed by atoms with van der Waals surface area (Å²) >= 11 is 0. The van der Waals surface area contributed by atoms with Gasteiger partial charge in [0.1, 0.15) is 11.3 Å². The number of phenolic OH excluding ortho intramolecular Hbond substituents is 1. The van der Waals surface area contributed by atoms with Crippen LogP contribution in [0.15, 0.2) is 54.4 Å². The summed E-state index contributed by atoms with van der Waals surface area (Å²) in [5.74, 6) is 0.576. The van der Waals surface area contributed by atoms with Gasteiger partial charge in [-0.3, -0.25) is 4.79 Å². The number of fused-ring (bicyclic) bond motifs is 3. The SMILES string of the molecule is CC1CC=C2C=CC=CN2C2(Cc3cccc(O)c3C2)C1=O. The van der Waals surface area contributed by atoms with Crippen molar-refractivity contribution < 1.29 is 9.90 Å². The Balaban J connectivity index is 1.87. The Morgan fingerprint density at radius 3 is 2.95 bits per heavy atom. The average Bonchev–Trinajstić information content (AvgIpc) is 2.90. The van der Waals surface area contributed by atoms with E-state index >= 15 is 0 Å². The molecule has 0 amide bonds. The summed E-state index contributed by atoms with van der Waals surface area (Å²) in [4.78, 5) is 15.3. The average molecular weight is 293 g/mol. The molecule has 4 rings (SSSR count). The Kier molecular flexibility index (Phi) is 2.80. The second-order valence-electron chi connectivity index (χ2n) is 6.50. The molecule has 0 aromatic heterocycles. The number of hydrogen-bond donors (Lipinski definition) is 1. The summed E-state index contributed by atoms with van der Waals surface area (Å²) in [5.41, 5.74) is 2.51. The van der Waals surface area contributed by atoms with E-state index in [-0.39, 0.29) is 11.7 Å². The number of carbonyl (C=O) groups excluding carboxylic acids is 1. The van der Waals surface area contributed by atoms with Crippen LogP contribution in [0.2, 0.25) is 0 Å². The van der Waals surface area contributed by atoms with Gasteiger partial charge in [-0.2, -0.15) is 0 Å². The van der Waals surface area contributed by atoms with Crippen molar-refractivity contribution in [2.45, 2.75) is 31.7 Å². The lowest BCUT2D eigenvalue weighted by Gasteiger charge is -2.40. The monoisotopic (exact) mass is 293 g/mol. The van der Waals surface area contributed by atoms with Crippen molar-refractivity contribution >= 4 is 5.78 Å². The highest BCUT2D eigenvalue weighted by Crippen LogP contribution is 2.44. The molecule has 3 nitrogen and oxygen atoms in total. The fraction of sp³-hybridized carbons (Fsp3) is 0.316. The zero-order valence-corrected chi connectivity index (χ0v) is 12.6. The summed E-state index contributed by atoms with van der Waals surface area (Å²) in [6.07, 6.45) is 12.2. The molecule has 112 valence electrons. The zero-order chi connectivity index (χ0) is 15.3. The second kappa shape index (κ2) is 4.60. The van der Waals surface area contributed by atoms with Crippen LogP contribution in [0.5, 0.6) is 5.75 Å². The lowest BCUT2D eigenvalue weighted by atomic mass is 9.82. The summed E-state index contributed by atoms with van der Waals surface area (Å²) in [7, 11) is 0. The largest absolute Gasteiger partial charge is 0.508 e. The van der Waals surface area contributed by atoms with Crippen LogP contribution in [0.1, 0.15) is 24.5 Å². The smallest absolute Gasteiger partial charge is 0.162 e. The lowest BCUT2D eigenvalue weighted by Crippen LogP contribution is -2.53. The van der Waals surface area contributed by atoms with Gasteiger partial charge in [0.25, 0.3) is 0 Å². The Hall–Kier alpha value is -2.29. The van der Waals surface area contributed by atoms with Crippen LogP contribution in [-0.4, -0.2) is 21.3 Å². The van der Waals surface area contributed by atoms with E-state index < -0.39 is 5.54 Å². The van der Waals surface area contributed by atoms with Gasteiger partial charge in [0.15, 0.2) is 5.78 Å². The maximum atomic E-state index is 13.2. The Morgan fingerprint density at radius 1 is 1.27 bits per heavy atom. The van der Waals surface area contributed by atoms with E-state index in [2.05, 4.69) is 17.1 Å². The van der Waals surface area contributed by atoms with Crippen LogP contribution in [0, 0.1) is 5.92 Å². The summed E-state index contributed by atoms with van der Waals surface area (Å²) in [6.45, 7) is 2.01. The minimum atomic E-state index is -0.593. The highest BCUT2D eigenvalue weighted by atomic mass is 16.3. The van der Waals surface area contributed by atoms with E-state index in [0.29, 0.717) is 18.6 Å². The van der Waals surface area contributed by atoms with Crippen molar-refractivity contribution in [1.29, 1.82) is 0 Å². The minimum absolute atomic E-state index is 0.00337. The Labute approximate surface area is 130 Å². The molecule has 2 atom stereocenters. The molecule has 3 aliphatic rings. The van der Waals surface area contributed by atoms with E-state index in [4.69, 9.17) is 0 Å². The number of nitrogens with zero attached hydrogens (tertiary/aromatic N) is 1. The van der Waals surface area contributed by atoms with Gasteiger partial charge in [-0.15, -0.1) is 0 Å². The van der Waals surface area contributed by atoms with E-state index in [1.54, 1.807) is 6.07 Å². The van der Waals surface area contributed by atoms with Gasteiger partial charge in [-0.1, -0.05) is 31.2 Å². The van der Waals surface area contributed by atoms with E-state index in [1.807, 2.05) is 37.4 Å². The summed E-state index contributed by atoms with van der Waals surface area (Å²) in [6, 6.07) is 5.60. The molecule has 3 heteroatoms. The van der Waals surface area contributed by atoms with Crippen LogP contribution < -0.4 is 0 Å². The maximum Gasteiger partial charge on any atom is 0.162 e. The number of carbonyl (C=O) groups is 1. The third kappa shape index (κ3) is 1.71. The number of allylic oxidation sites excluding steroid dienone is 4. The van der Waals surface area contributed by atoms with Gasteiger partial charge >= 0.3 is 0 Å². The number of rotatable bonds is 0. The molecule has 0 saturated heterocycles. The topological polar surface area (TPSA) is 40.5 Å². The van der Waals surface area contributed by atoms with E-state index in [1.165, 1.54) is 0 Å². The van der Waals surface area contributed by atoms with Crippen LogP contribution in [0.25, 0.3) is 0 Å². The van der Waals surface area contributed by atoms with E-state index in [0.717, 1.165) is 23.2 Å². The van der Waals surface area contributed by atoms with Gasteiger partial charge < -0.3 is 10.0 Å². The number of phenols is 1. The highest BCUT2D eigenvalue weighted by Gasteiger charge is 2.51. The number of Topliss-reactive ketones (excluding diaryl/α,β-unsaturated/α-hetero) is 1. The molecule has 2 unspecified atom stereocenters. The van der Waals surface area contributed by atoms with Crippen LogP contribution in [0.3, 0.4) is 0 Å². The quantitative estimate of drug-likeness (QED) is 0.799. The first-order valence-corrected chi connectivity index (χ1v) is 7.80. The molecule has 0 saturated carbocycles. The predicted molar refractivity (Wildman–Crippen MR) is 85.2 cm³/mol. The normalized spacial score (nSPS) is 29.3. The molecule has 1 spiro atoms. The number of ketones is 1. The third-order valence-corrected chi connectivity index (χ3v) is 5.14. The fourth-order valence-electron chi connectivity index (χ4n) is 4.00. The summed E-state index contributed by atoms with van der Waals surface area (Å²) in [5, 5.41) is 10.2. The Morgan fingerprint density at radius 2 is 2.14 bits per heavy atom. The second-order valence-corrected chi connectivity index (χ2v) is 6.50. The third-order valence-electron chi connectivity index (χ3n) is 5.14. The van der Waals surface area contributed by atoms with Gasteiger partial charge in [-0.25, -0.2) is 0 Å². The first kappa shape index (κ1) is 13.4. The first-order chi connectivity index (χ1) is 10.6. The first-order valence-electron chi connectivity index (χ1n) is 7.80. The van der Waals surface area contributed by atoms with Gasteiger partial charge in [0, 0.05) is 30.7 Å². The molecular weight excluding hydrogens is 274 g/mol. The molecule has 0 fully saturated rings.